The van der Waals surface area contributed by atoms with E-state index in [1.807, 2.05) is 18.2 Å². The summed E-state index contributed by atoms with van der Waals surface area (Å²) in [4.78, 5) is 20.4. The summed E-state index contributed by atoms with van der Waals surface area (Å²) in [5, 5.41) is 3.32. The molecule has 1 aromatic carbocycles. The topological polar surface area (TPSA) is 54.9 Å². The fourth-order valence-corrected chi connectivity index (χ4v) is 2.28. The molecule has 0 bridgehead atoms. The van der Waals surface area contributed by atoms with Crippen LogP contribution in [0, 0.1) is 0 Å². The van der Waals surface area contributed by atoms with Crippen LogP contribution in [0.5, 0.6) is 0 Å². The van der Waals surface area contributed by atoms with E-state index in [1.165, 1.54) is 6.20 Å². The van der Waals surface area contributed by atoms with E-state index in [0.29, 0.717) is 5.69 Å². The molecule has 0 unspecified atom stereocenters. The van der Waals surface area contributed by atoms with E-state index >= 15 is 0 Å². The Morgan fingerprint density at radius 1 is 1.28 bits per heavy atom. The number of anilines is 1. The van der Waals surface area contributed by atoms with Crippen molar-refractivity contribution in [1.29, 1.82) is 0 Å². The summed E-state index contributed by atoms with van der Waals surface area (Å²) in [6.45, 7) is 0.968. The molecule has 0 saturated carbocycles. The quantitative estimate of drug-likeness (QED) is 0.815. The third-order valence-electron chi connectivity index (χ3n) is 3.14. The maximum absolute atomic E-state index is 12.4. The molecule has 1 aliphatic rings. The van der Waals surface area contributed by atoms with Crippen LogP contribution in [0.3, 0.4) is 0 Å². The monoisotopic (exact) mass is 239 g/mol. The van der Waals surface area contributed by atoms with Crippen molar-refractivity contribution in [2.24, 2.45) is 0 Å². The first kappa shape index (κ1) is 10.9. The van der Waals surface area contributed by atoms with Gasteiger partial charge in [-0.25, -0.2) is 4.98 Å². The molecule has 0 saturated heterocycles. The molecule has 2 aromatic rings. The van der Waals surface area contributed by atoms with Gasteiger partial charge >= 0.3 is 0 Å². The van der Waals surface area contributed by atoms with Crippen LogP contribution in [0.2, 0.25) is 0 Å². The van der Waals surface area contributed by atoms with E-state index in [4.69, 9.17) is 0 Å². The van der Waals surface area contributed by atoms with E-state index in [1.54, 1.807) is 12.4 Å². The Kier molecular flexibility index (Phi) is 2.76. The van der Waals surface area contributed by atoms with Gasteiger partial charge in [-0.2, -0.15) is 0 Å². The fraction of sp³-hybridized carbons (Fsp3) is 0.214. The van der Waals surface area contributed by atoms with Crippen LogP contribution in [0.4, 0.5) is 5.69 Å². The molecule has 1 aliphatic heterocycles. The average molecular weight is 239 g/mol. The Labute approximate surface area is 105 Å². The lowest BCUT2D eigenvalue weighted by Crippen LogP contribution is -2.16. The van der Waals surface area contributed by atoms with Gasteiger partial charge < -0.3 is 5.32 Å². The first-order valence-electron chi connectivity index (χ1n) is 6.03. The summed E-state index contributed by atoms with van der Waals surface area (Å²) >= 11 is 0. The lowest BCUT2D eigenvalue weighted by molar-refractivity contribution is 0.103. The number of nitrogens with zero attached hydrogens (tertiary/aromatic N) is 2. The molecule has 2 heterocycles. The number of aromatic nitrogens is 2. The van der Waals surface area contributed by atoms with Crippen molar-refractivity contribution < 1.29 is 4.79 Å². The molecule has 4 nitrogen and oxygen atoms in total. The van der Waals surface area contributed by atoms with Crippen molar-refractivity contribution >= 4 is 11.5 Å². The molecular formula is C14H13N3O. The lowest BCUT2D eigenvalue weighted by atomic mass is 9.94. The van der Waals surface area contributed by atoms with Crippen LogP contribution in [-0.2, 0) is 6.42 Å². The standard InChI is InChI=1S/C14H13N3O/c18-14(13-9-15-7-8-17-13)11-3-1-5-12-10(11)4-2-6-16-12/h1,3,5,7-9,16H,2,4,6H2. The van der Waals surface area contributed by atoms with Crippen LogP contribution in [0.15, 0.2) is 36.8 Å². The van der Waals surface area contributed by atoms with Crippen LogP contribution >= 0.6 is 0 Å². The van der Waals surface area contributed by atoms with Gasteiger partial charge in [0.1, 0.15) is 5.69 Å². The number of carbonyl (C=O) groups is 1. The number of ketones is 1. The molecule has 0 fully saturated rings. The summed E-state index contributed by atoms with van der Waals surface area (Å²) < 4.78 is 0. The van der Waals surface area contributed by atoms with Crippen molar-refractivity contribution in [3.63, 3.8) is 0 Å². The van der Waals surface area contributed by atoms with Gasteiger partial charge in [-0.3, -0.25) is 9.78 Å². The van der Waals surface area contributed by atoms with Crippen molar-refractivity contribution in [1.82, 2.24) is 9.97 Å². The molecule has 4 heteroatoms. The Morgan fingerprint density at radius 2 is 2.22 bits per heavy atom. The maximum atomic E-state index is 12.4. The third-order valence-corrected chi connectivity index (χ3v) is 3.14. The maximum Gasteiger partial charge on any atom is 0.213 e. The van der Waals surface area contributed by atoms with Crippen LogP contribution in [0.1, 0.15) is 28.0 Å². The number of carbonyl (C=O) groups excluding carboxylic acids is 1. The zero-order valence-electron chi connectivity index (χ0n) is 9.89. The highest BCUT2D eigenvalue weighted by Gasteiger charge is 2.19. The summed E-state index contributed by atoms with van der Waals surface area (Å²) in [7, 11) is 0. The van der Waals surface area contributed by atoms with Gasteiger partial charge in [0.2, 0.25) is 5.78 Å². The number of hydrogen-bond donors (Lipinski definition) is 1. The van der Waals surface area contributed by atoms with E-state index in [9.17, 15) is 4.79 Å². The second-order valence-electron chi connectivity index (χ2n) is 4.28. The van der Waals surface area contributed by atoms with Gasteiger partial charge in [0.15, 0.2) is 0 Å². The number of rotatable bonds is 2. The largest absolute Gasteiger partial charge is 0.385 e. The zero-order chi connectivity index (χ0) is 12.4. The minimum atomic E-state index is -0.0522. The van der Waals surface area contributed by atoms with Crippen molar-refractivity contribution in [2.75, 3.05) is 11.9 Å². The fourth-order valence-electron chi connectivity index (χ4n) is 2.28. The van der Waals surface area contributed by atoms with Crippen LogP contribution in [-0.4, -0.2) is 22.3 Å². The second kappa shape index (κ2) is 4.56. The molecule has 0 atom stereocenters. The predicted molar refractivity (Wildman–Crippen MR) is 68.7 cm³/mol. The van der Waals surface area contributed by atoms with Crippen molar-refractivity contribution in [3.05, 3.63) is 53.6 Å². The van der Waals surface area contributed by atoms with Crippen LogP contribution in [0.25, 0.3) is 0 Å². The first-order valence-corrected chi connectivity index (χ1v) is 6.03. The Hall–Kier alpha value is -2.23. The SMILES string of the molecule is O=C(c1cnccn1)c1cccc2c1CCCN2. The molecule has 0 spiro atoms. The smallest absolute Gasteiger partial charge is 0.213 e. The molecule has 0 amide bonds. The number of hydrogen-bond acceptors (Lipinski definition) is 4. The lowest BCUT2D eigenvalue weighted by Gasteiger charge is -2.20. The Balaban J connectivity index is 2.05. The summed E-state index contributed by atoms with van der Waals surface area (Å²) in [6, 6.07) is 5.78. The van der Waals surface area contributed by atoms with Gasteiger partial charge in [0.25, 0.3) is 0 Å². The third kappa shape index (κ3) is 1.86. The number of benzene rings is 1. The van der Waals surface area contributed by atoms with Gasteiger partial charge in [0.05, 0.1) is 6.20 Å². The molecule has 3 rings (SSSR count). The van der Waals surface area contributed by atoms with E-state index in [-0.39, 0.29) is 5.78 Å². The van der Waals surface area contributed by atoms with E-state index in [2.05, 4.69) is 15.3 Å². The highest BCUT2D eigenvalue weighted by Crippen LogP contribution is 2.26. The predicted octanol–water partition coefficient (Wildman–Crippen LogP) is 2.07. The average Bonchev–Trinajstić information content (AvgIpc) is 2.47. The minimum Gasteiger partial charge on any atom is -0.385 e. The van der Waals surface area contributed by atoms with Gasteiger partial charge in [-0.1, -0.05) is 12.1 Å². The van der Waals surface area contributed by atoms with E-state index in [0.717, 1.165) is 36.2 Å². The van der Waals surface area contributed by atoms with Crippen molar-refractivity contribution in [2.45, 2.75) is 12.8 Å². The molecule has 1 aromatic heterocycles. The van der Waals surface area contributed by atoms with E-state index < -0.39 is 0 Å². The normalized spacial score (nSPS) is 13.6. The zero-order valence-corrected chi connectivity index (χ0v) is 9.89. The molecule has 90 valence electrons. The summed E-state index contributed by atoms with van der Waals surface area (Å²) in [5.41, 5.74) is 3.30. The van der Waals surface area contributed by atoms with Crippen LogP contribution < -0.4 is 5.32 Å². The first-order chi connectivity index (χ1) is 8.86. The van der Waals surface area contributed by atoms with Gasteiger partial charge in [-0.05, 0) is 24.5 Å². The Bertz CT molecular complexity index is 581. The molecule has 0 aliphatic carbocycles. The molecule has 18 heavy (non-hydrogen) atoms. The Morgan fingerprint density at radius 3 is 3.06 bits per heavy atom. The highest BCUT2D eigenvalue weighted by molar-refractivity contribution is 6.09. The van der Waals surface area contributed by atoms with Crippen molar-refractivity contribution in [3.8, 4) is 0 Å². The summed E-state index contributed by atoms with van der Waals surface area (Å²) in [5.74, 6) is -0.0522. The number of fused-ring (bicyclic) bond motifs is 1. The molecular weight excluding hydrogens is 226 g/mol. The van der Waals surface area contributed by atoms with Gasteiger partial charge in [0, 0.05) is 30.2 Å². The summed E-state index contributed by atoms with van der Waals surface area (Å²) in [6.07, 6.45) is 6.61. The number of nitrogens with one attached hydrogen (secondary N) is 1. The molecule has 0 radical (unpaired) electrons. The second-order valence-corrected chi connectivity index (χ2v) is 4.28. The van der Waals surface area contributed by atoms with Gasteiger partial charge in [-0.15, -0.1) is 0 Å². The molecule has 1 N–H and O–H groups in total. The highest BCUT2D eigenvalue weighted by atomic mass is 16.1. The minimum absolute atomic E-state index is 0.0522.